The second kappa shape index (κ2) is 5.18. The van der Waals surface area contributed by atoms with Gasteiger partial charge >= 0.3 is 0 Å². The molecular formula is C11H21N3O2. The van der Waals surface area contributed by atoms with E-state index in [4.69, 9.17) is 10.9 Å². The highest BCUT2D eigenvalue weighted by molar-refractivity contribution is 6.05. The van der Waals surface area contributed by atoms with Gasteiger partial charge in [-0.2, -0.15) is 0 Å². The first-order valence-electron chi connectivity index (χ1n) is 5.74. The highest BCUT2D eigenvalue weighted by Crippen LogP contribution is 2.28. The van der Waals surface area contributed by atoms with Crippen molar-refractivity contribution in [3.63, 3.8) is 0 Å². The van der Waals surface area contributed by atoms with Crippen molar-refractivity contribution < 1.29 is 10.0 Å². The van der Waals surface area contributed by atoms with Gasteiger partial charge in [-0.05, 0) is 26.2 Å². The Kier molecular flexibility index (Phi) is 4.15. The van der Waals surface area contributed by atoms with Gasteiger partial charge in [-0.1, -0.05) is 24.4 Å². The maximum Gasteiger partial charge on any atom is 0.233 e. The molecule has 1 amide bonds. The summed E-state index contributed by atoms with van der Waals surface area (Å²) in [6.07, 6.45) is 4.89. The number of nitrogens with two attached hydrogens (primary N) is 1. The normalized spacial score (nSPS) is 18.0. The molecule has 0 atom stereocenters. The third-order valence-corrected chi connectivity index (χ3v) is 3.38. The van der Waals surface area contributed by atoms with Crippen molar-refractivity contribution in [3.8, 4) is 0 Å². The minimum atomic E-state index is -0.950. The molecule has 1 rings (SSSR count). The zero-order valence-corrected chi connectivity index (χ0v) is 9.99. The molecule has 0 aromatic rings. The quantitative estimate of drug-likeness (QED) is 0.284. The molecule has 1 saturated carbocycles. The van der Waals surface area contributed by atoms with Crippen molar-refractivity contribution in [2.75, 3.05) is 6.54 Å². The average Bonchev–Trinajstić information content (AvgIpc) is 2.19. The smallest absolute Gasteiger partial charge is 0.233 e. The highest BCUT2D eigenvalue weighted by Gasteiger charge is 2.32. The van der Waals surface area contributed by atoms with Crippen LogP contribution in [0.5, 0.6) is 0 Å². The summed E-state index contributed by atoms with van der Waals surface area (Å²) in [6.45, 7) is 3.95. The van der Waals surface area contributed by atoms with E-state index in [2.05, 4.69) is 10.5 Å². The van der Waals surface area contributed by atoms with Crippen LogP contribution in [0.3, 0.4) is 0 Å². The predicted octanol–water partition coefficient (Wildman–Crippen LogP) is 1.07. The minimum Gasteiger partial charge on any atom is -0.409 e. The molecule has 4 N–H and O–H groups in total. The Balaban J connectivity index is 2.32. The van der Waals surface area contributed by atoms with E-state index in [1.165, 1.54) is 19.3 Å². The molecule has 16 heavy (non-hydrogen) atoms. The van der Waals surface area contributed by atoms with E-state index >= 15 is 0 Å². The Bertz CT molecular complexity index is 283. The van der Waals surface area contributed by atoms with Crippen LogP contribution in [0.25, 0.3) is 0 Å². The first kappa shape index (κ1) is 12.8. The molecular weight excluding hydrogens is 206 g/mol. The molecule has 1 aliphatic carbocycles. The molecule has 1 fully saturated rings. The van der Waals surface area contributed by atoms with E-state index < -0.39 is 5.41 Å². The van der Waals surface area contributed by atoms with Crippen LogP contribution in [-0.4, -0.2) is 23.5 Å². The van der Waals surface area contributed by atoms with Crippen LogP contribution in [0.4, 0.5) is 0 Å². The van der Waals surface area contributed by atoms with Crippen LogP contribution in [0.2, 0.25) is 0 Å². The molecule has 0 heterocycles. The first-order valence-corrected chi connectivity index (χ1v) is 5.74. The molecule has 0 unspecified atom stereocenters. The number of oxime groups is 1. The number of carbonyl (C=O) groups is 1. The first-order chi connectivity index (χ1) is 7.48. The van der Waals surface area contributed by atoms with Crippen molar-refractivity contribution in [2.45, 2.75) is 39.5 Å². The van der Waals surface area contributed by atoms with Gasteiger partial charge in [0.25, 0.3) is 0 Å². The molecule has 0 radical (unpaired) electrons. The molecule has 0 saturated heterocycles. The van der Waals surface area contributed by atoms with Gasteiger partial charge in [0.15, 0.2) is 5.84 Å². The summed E-state index contributed by atoms with van der Waals surface area (Å²) in [5, 5.41) is 14.3. The van der Waals surface area contributed by atoms with Crippen LogP contribution >= 0.6 is 0 Å². The van der Waals surface area contributed by atoms with Gasteiger partial charge in [-0.15, -0.1) is 0 Å². The van der Waals surface area contributed by atoms with Gasteiger partial charge < -0.3 is 16.3 Å². The number of nitrogens with one attached hydrogen (secondary N) is 1. The second-order valence-corrected chi connectivity index (χ2v) is 4.95. The summed E-state index contributed by atoms with van der Waals surface area (Å²) in [7, 11) is 0. The van der Waals surface area contributed by atoms with Gasteiger partial charge in [-0.3, -0.25) is 4.79 Å². The fraction of sp³-hybridized carbons (Fsp3) is 0.818. The maximum atomic E-state index is 11.8. The third-order valence-electron chi connectivity index (χ3n) is 3.38. The van der Waals surface area contributed by atoms with E-state index in [0.29, 0.717) is 6.54 Å². The largest absolute Gasteiger partial charge is 0.409 e. The summed E-state index contributed by atoms with van der Waals surface area (Å²) < 4.78 is 0. The predicted molar refractivity (Wildman–Crippen MR) is 62.2 cm³/mol. The number of rotatable bonds is 5. The molecule has 0 aromatic carbocycles. The number of carbonyl (C=O) groups excluding carboxylic acids is 1. The minimum absolute atomic E-state index is 0.0614. The van der Waals surface area contributed by atoms with Crippen LogP contribution in [0.1, 0.15) is 39.5 Å². The summed E-state index contributed by atoms with van der Waals surface area (Å²) >= 11 is 0. The lowest BCUT2D eigenvalue weighted by atomic mass is 9.83. The summed E-state index contributed by atoms with van der Waals surface area (Å²) in [6, 6.07) is 0. The lowest BCUT2D eigenvalue weighted by Crippen LogP contribution is -2.46. The number of nitrogens with zero attached hydrogens (tertiary/aromatic N) is 1. The van der Waals surface area contributed by atoms with E-state index in [9.17, 15) is 4.79 Å². The van der Waals surface area contributed by atoms with Gasteiger partial charge in [0.2, 0.25) is 5.91 Å². The van der Waals surface area contributed by atoms with Crippen molar-refractivity contribution in [3.05, 3.63) is 0 Å². The molecule has 0 spiro atoms. The van der Waals surface area contributed by atoms with Gasteiger partial charge in [0, 0.05) is 6.54 Å². The van der Waals surface area contributed by atoms with Crippen molar-refractivity contribution in [1.82, 2.24) is 5.32 Å². The SMILES string of the molecule is CC(C)(C(=O)NCCC1CCC1)C(N)=NO. The number of amides is 1. The lowest BCUT2D eigenvalue weighted by molar-refractivity contribution is -0.126. The Labute approximate surface area is 96.1 Å². The van der Waals surface area contributed by atoms with Crippen LogP contribution in [0, 0.1) is 11.3 Å². The monoisotopic (exact) mass is 227 g/mol. The number of hydrogen-bond acceptors (Lipinski definition) is 3. The molecule has 0 bridgehead atoms. The number of hydrogen-bond donors (Lipinski definition) is 3. The summed E-state index contributed by atoms with van der Waals surface area (Å²) in [5.41, 5.74) is 4.51. The maximum absolute atomic E-state index is 11.8. The Morgan fingerprint density at radius 3 is 2.62 bits per heavy atom. The standard InChI is InChI=1S/C11H21N3O2/c1-11(2,9(12)14-16)10(15)13-7-6-8-4-3-5-8/h8,16H,3-7H2,1-2H3,(H2,12,14)(H,13,15). The zero-order valence-electron chi connectivity index (χ0n) is 9.99. The van der Waals surface area contributed by atoms with Crippen LogP contribution in [0.15, 0.2) is 5.16 Å². The summed E-state index contributed by atoms with van der Waals surface area (Å²) in [4.78, 5) is 11.8. The van der Waals surface area contributed by atoms with E-state index in [1.54, 1.807) is 13.8 Å². The van der Waals surface area contributed by atoms with Crippen molar-refractivity contribution >= 4 is 11.7 Å². The molecule has 5 nitrogen and oxygen atoms in total. The lowest BCUT2D eigenvalue weighted by Gasteiger charge is -2.26. The van der Waals surface area contributed by atoms with E-state index in [1.807, 2.05) is 0 Å². The van der Waals surface area contributed by atoms with Crippen LogP contribution in [-0.2, 0) is 4.79 Å². The van der Waals surface area contributed by atoms with Gasteiger partial charge in [-0.25, -0.2) is 0 Å². The van der Waals surface area contributed by atoms with Crippen molar-refractivity contribution in [1.29, 1.82) is 0 Å². The van der Waals surface area contributed by atoms with Crippen molar-refractivity contribution in [2.24, 2.45) is 22.2 Å². The number of amidine groups is 1. The summed E-state index contributed by atoms with van der Waals surface area (Å²) in [5.74, 6) is 0.517. The zero-order chi connectivity index (χ0) is 12.2. The topological polar surface area (TPSA) is 87.7 Å². The Hall–Kier alpha value is -1.26. The Morgan fingerprint density at radius 2 is 2.19 bits per heavy atom. The van der Waals surface area contributed by atoms with Gasteiger partial charge in [0.1, 0.15) is 5.41 Å². The third kappa shape index (κ3) is 2.87. The Morgan fingerprint density at radius 1 is 1.56 bits per heavy atom. The molecule has 92 valence electrons. The second-order valence-electron chi connectivity index (χ2n) is 4.95. The van der Waals surface area contributed by atoms with Gasteiger partial charge in [0.05, 0.1) is 0 Å². The molecule has 1 aliphatic rings. The highest BCUT2D eigenvalue weighted by atomic mass is 16.4. The van der Waals surface area contributed by atoms with E-state index in [0.717, 1.165) is 12.3 Å². The fourth-order valence-corrected chi connectivity index (χ4v) is 1.63. The fourth-order valence-electron chi connectivity index (χ4n) is 1.63. The molecule has 0 aromatic heterocycles. The van der Waals surface area contributed by atoms with E-state index in [-0.39, 0.29) is 11.7 Å². The molecule has 5 heteroatoms. The average molecular weight is 227 g/mol. The molecule has 0 aliphatic heterocycles. The van der Waals surface area contributed by atoms with Crippen LogP contribution < -0.4 is 11.1 Å².